The minimum atomic E-state index is -0.628. The molecule has 0 saturated carbocycles. The van der Waals surface area contributed by atoms with Gasteiger partial charge in [-0.2, -0.15) is 0 Å². The van der Waals surface area contributed by atoms with E-state index in [2.05, 4.69) is 18.4 Å². The Kier molecular flexibility index (Phi) is 6.02. The van der Waals surface area contributed by atoms with Gasteiger partial charge in [0.05, 0.1) is 6.61 Å². The standard InChI is InChI=1S/C17H20O3/c1-5-17(4,15-11-9-14(3)10-12-15)20-13-7-8-16(18)19-6-2/h5,9-12H,1,6,13H2,2-4H3. The highest BCUT2D eigenvalue weighted by atomic mass is 16.5. The van der Waals surface area contributed by atoms with Gasteiger partial charge in [0.1, 0.15) is 12.2 Å². The molecule has 0 fully saturated rings. The first-order valence-corrected chi connectivity index (χ1v) is 6.52. The summed E-state index contributed by atoms with van der Waals surface area (Å²) in [4.78, 5) is 11.1. The van der Waals surface area contributed by atoms with E-state index in [0.29, 0.717) is 6.61 Å². The van der Waals surface area contributed by atoms with E-state index in [-0.39, 0.29) is 6.61 Å². The maximum absolute atomic E-state index is 11.1. The number of hydrogen-bond acceptors (Lipinski definition) is 3. The van der Waals surface area contributed by atoms with E-state index in [1.165, 1.54) is 5.56 Å². The van der Waals surface area contributed by atoms with Crippen LogP contribution < -0.4 is 0 Å². The molecule has 0 aromatic heterocycles. The van der Waals surface area contributed by atoms with Crippen molar-refractivity contribution in [1.29, 1.82) is 0 Å². The van der Waals surface area contributed by atoms with E-state index in [9.17, 15) is 4.79 Å². The van der Waals surface area contributed by atoms with Gasteiger partial charge in [-0.05, 0) is 26.3 Å². The van der Waals surface area contributed by atoms with Crippen LogP contribution in [0.1, 0.15) is 25.0 Å². The average Bonchev–Trinajstić information content (AvgIpc) is 2.44. The van der Waals surface area contributed by atoms with Gasteiger partial charge in [0.15, 0.2) is 0 Å². The highest BCUT2D eigenvalue weighted by molar-refractivity contribution is 5.88. The zero-order chi connectivity index (χ0) is 15.0. The molecule has 3 nitrogen and oxygen atoms in total. The Morgan fingerprint density at radius 3 is 2.60 bits per heavy atom. The third-order valence-electron chi connectivity index (χ3n) is 2.92. The molecule has 0 saturated heterocycles. The molecule has 3 heteroatoms. The first-order chi connectivity index (χ1) is 9.51. The molecule has 1 unspecified atom stereocenters. The lowest BCUT2D eigenvalue weighted by molar-refractivity contribution is -0.136. The molecule has 20 heavy (non-hydrogen) atoms. The van der Waals surface area contributed by atoms with E-state index in [4.69, 9.17) is 9.47 Å². The number of ether oxygens (including phenoxy) is 2. The van der Waals surface area contributed by atoms with Gasteiger partial charge < -0.3 is 9.47 Å². The molecular weight excluding hydrogens is 252 g/mol. The van der Waals surface area contributed by atoms with Crippen LogP contribution in [0.2, 0.25) is 0 Å². The maximum atomic E-state index is 11.1. The number of carbonyl (C=O) groups excluding carboxylic acids is 1. The Hall–Kier alpha value is -2.05. The monoisotopic (exact) mass is 272 g/mol. The molecule has 0 bridgehead atoms. The van der Waals surface area contributed by atoms with Gasteiger partial charge in [-0.3, -0.25) is 0 Å². The van der Waals surface area contributed by atoms with Crippen molar-refractivity contribution in [2.45, 2.75) is 26.4 Å². The molecule has 0 aliphatic carbocycles. The number of aryl methyl sites for hydroxylation is 1. The third kappa shape index (κ3) is 4.56. The third-order valence-corrected chi connectivity index (χ3v) is 2.92. The minimum absolute atomic E-state index is 0.134. The summed E-state index contributed by atoms with van der Waals surface area (Å²) >= 11 is 0. The fourth-order valence-electron chi connectivity index (χ4n) is 1.61. The molecule has 0 N–H and O–H groups in total. The number of rotatable bonds is 5. The summed E-state index contributed by atoms with van der Waals surface area (Å²) in [6, 6.07) is 8.03. The molecule has 1 aromatic rings. The SMILES string of the molecule is C=CC(C)(OCC#CC(=O)OCC)c1ccc(C)cc1. The van der Waals surface area contributed by atoms with E-state index in [0.717, 1.165) is 5.56 Å². The van der Waals surface area contributed by atoms with Crippen molar-refractivity contribution in [3.05, 3.63) is 48.0 Å². The zero-order valence-corrected chi connectivity index (χ0v) is 12.2. The number of hydrogen-bond donors (Lipinski definition) is 0. The van der Waals surface area contributed by atoms with Crippen molar-refractivity contribution in [3.8, 4) is 11.8 Å². The van der Waals surface area contributed by atoms with Crippen LogP contribution in [0.15, 0.2) is 36.9 Å². The largest absolute Gasteiger partial charge is 0.456 e. The van der Waals surface area contributed by atoms with Crippen molar-refractivity contribution in [1.82, 2.24) is 0 Å². The molecule has 0 spiro atoms. The lowest BCUT2D eigenvalue weighted by Gasteiger charge is -2.26. The summed E-state index contributed by atoms with van der Waals surface area (Å²) in [5.41, 5.74) is 1.55. The molecular formula is C17H20O3. The van der Waals surface area contributed by atoms with Crippen LogP contribution in [-0.4, -0.2) is 19.2 Å². The normalized spacial score (nSPS) is 12.8. The quantitative estimate of drug-likeness (QED) is 0.358. The van der Waals surface area contributed by atoms with E-state index in [1.54, 1.807) is 13.0 Å². The summed E-state index contributed by atoms with van der Waals surface area (Å²) < 4.78 is 10.4. The molecule has 0 heterocycles. The van der Waals surface area contributed by atoms with Gasteiger partial charge in [0.2, 0.25) is 0 Å². The van der Waals surface area contributed by atoms with E-state index < -0.39 is 11.6 Å². The summed E-state index contributed by atoms with van der Waals surface area (Å²) in [6.07, 6.45) is 1.73. The van der Waals surface area contributed by atoms with Crippen molar-refractivity contribution < 1.29 is 14.3 Å². The molecule has 106 valence electrons. The molecule has 0 radical (unpaired) electrons. The molecule has 0 aliphatic rings. The highest BCUT2D eigenvalue weighted by Gasteiger charge is 2.22. The fraction of sp³-hybridized carbons (Fsp3) is 0.353. The predicted octanol–water partition coefficient (Wildman–Crippen LogP) is 2.98. The lowest BCUT2D eigenvalue weighted by atomic mass is 9.95. The summed E-state index contributed by atoms with van der Waals surface area (Å²) in [5.74, 6) is 4.48. The molecule has 1 atom stereocenters. The van der Waals surface area contributed by atoms with Crippen LogP contribution in [0.25, 0.3) is 0 Å². The van der Waals surface area contributed by atoms with Gasteiger partial charge in [-0.25, -0.2) is 4.79 Å². The Bertz CT molecular complexity index is 519. The van der Waals surface area contributed by atoms with Crippen LogP contribution in [0.4, 0.5) is 0 Å². The number of esters is 1. The zero-order valence-electron chi connectivity index (χ0n) is 12.2. The summed E-state index contributed by atoms with van der Waals surface area (Å²) in [5, 5.41) is 0. The number of benzene rings is 1. The smallest absolute Gasteiger partial charge is 0.384 e. The first-order valence-electron chi connectivity index (χ1n) is 6.52. The molecule has 1 aromatic carbocycles. The van der Waals surface area contributed by atoms with Crippen LogP contribution in [-0.2, 0) is 19.9 Å². The van der Waals surface area contributed by atoms with Crippen molar-refractivity contribution in [3.63, 3.8) is 0 Å². The van der Waals surface area contributed by atoms with Crippen LogP contribution in [0.5, 0.6) is 0 Å². The van der Waals surface area contributed by atoms with Gasteiger partial charge in [-0.1, -0.05) is 48.4 Å². The minimum Gasteiger partial charge on any atom is -0.456 e. The lowest BCUT2D eigenvalue weighted by Crippen LogP contribution is -2.23. The van der Waals surface area contributed by atoms with Crippen molar-refractivity contribution >= 4 is 5.97 Å². The Morgan fingerprint density at radius 1 is 1.40 bits per heavy atom. The summed E-state index contributed by atoms with van der Waals surface area (Å²) in [6.45, 7) is 9.95. The van der Waals surface area contributed by atoms with Gasteiger partial charge in [0.25, 0.3) is 0 Å². The fourth-order valence-corrected chi connectivity index (χ4v) is 1.61. The summed E-state index contributed by atoms with van der Waals surface area (Å²) in [7, 11) is 0. The van der Waals surface area contributed by atoms with Crippen molar-refractivity contribution in [2.24, 2.45) is 0 Å². The second kappa shape index (κ2) is 7.52. The second-order valence-corrected chi connectivity index (χ2v) is 4.49. The van der Waals surface area contributed by atoms with Crippen molar-refractivity contribution in [2.75, 3.05) is 13.2 Å². The first kappa shape index (κ1) is 16.0. The Morgan fingerprint density at radius 2 is 2.05 bits per heavy atom. The van der Waals surface area contributed by atoms with Crippen LogP contribution in [0, 0.1) is 18.8 Å². The van der Waals surface area contributed by atoms with E-state index in [1.807, 2.05) is 38.1 Å². The molecule has 1 rings (SSSR count). The van der Waals surface area contributed by atoms with Crippen LogP contribution >= 0.6 is 0 Å². The van der Waals surface area contributed by atoms with E-state index >= 15 is 0 Å². The van der Waals surface area contributed by atoms with Gasteiger partial charge >= 0.3 is 5.97 Å². The predicted molar refractivity (Wildman–Crippen MR) is 79.1 cm³/mol. The Labute approximate surface area is 120 Å². The van der Waals surface area contributed by atoms with Gasteiger partial charge in [0, 0.05) is 5.92 Å². The molecule has 0 amide bonds. The molecule has 0 aliphatic heterocycles. The Balaban J connectivity index is 2.69. The highest BCUT2D eigenvalue weighted by Crippen LogP contribution is 2.26. The number of carbonyl (C=O) groups is 1. The van der Waals surface area contributed by atoms with Gasteiger partial charge in [-0.15, -0.1) is 0 Å². The maximum Gasteiger partial charge on any atom is 0.384 e. The topological polar surface area (TPSA) is 35.5 Å². The average molecular weight is 272 g/mol. The second-order valence-electron chi connectivity index (χ2n) is 4.49. The van der Waals surface area contributed by atoms with Crippen LogP contribution in [0.3, 0.4) is 0 Å².